The Morgan fingerprint density at radius 3 is 3.07 bits per heavy atom. The van der Waals surface area contributed by atoms with Crippen molar-refractivity contribution in [3.05, 3.63) is 29.6 Å². The third-order valence-electron chi connectivity index (χ3n) is 2.88. The molecule has 1 aromatic carbocycles. The molecule has 4 heteroatoms. The maximum atomic E-state index is 13.0. The molecule has 3 nitrogen and oxygen atoms in total. The summed E-state index contributed by atoms with van der Waals surface area (Å²) < 4.78 is 13.0. The number of hydrogen-bond acceptors (Lipinski definition) is 3. The quantitative estimate of drug-likeness (QED) is 0.778. The number of carbonyl (C=O) groups is 1. The van der Waals surface area contributed by atoms with Crippen molar-refractivity contribution >= 4 is 11.5 Å². The first kappa shape index (κ1) is 10.1. The van der Waals surface area contributed by atoms with E-state index in [0.717, 1.165) is 11.3 Å². The van der Waals surface area contributed by atoms with E-state index in [9.17, 15) is 9.18 Å². The Morgan fingerprint density at radius 1 is 1.67 bits per heavy atom. The summed E-state index contributed by atoms with van der Waals surface area (Å²) in [5, 5.41) is 0. The Bertz CT molecular complexity index is 406. The van der Waals surface area contributed by atoms with Crippen LogP contribution in [0.2, 0.25) is 0 Å². The standard InChI is InChI=1S/C11H13FN2O/c1-14-9-3-2-8(12)4-7(9)5-10(14)11(15)6-13/h2-4,10H,5-6,13H2,1H3. The highest BCUT2D eigenvalue weighted by molar-refractivity contribution is 5.91. The van der Waals surface area contributed by atoms with Crippen LogP contribution < -0.4 is 10.6 Å². The first-order valence-corrected chi connectivity index (χ1v) is 4.87. The number of anilines is 1. The van der Waals surface area contributed by atoms with Crippen LogP contribution in [-0.2, 0) is 11.2 Å². The Labute approximate surface area is 87.7 Å². The molecule has 0 bridgehead atoms. The number of rotatable bonds is 2. The van der Waals surface area contributed by atoms with Gasteiger partial charge in [-0.15, -0.1) is 0 Å². The topological polar surface area (TPSA) is 46.3 Å². The predicted octanol–water partition coefficient (Wildman–Crippen LogP) is 0.714. The summed E-state index contributed by atoms with van der Waals surface area (Å²) in [4.78, 5) is 13.4. The van der Waals surface area contributed by atoms with Gasteiger partial charge in [-0.3, -0.25) is 4.79 Å². The summed E-state index contributed by atoms with van der Waals surface area (Å²) in [6.45, 7) is 0.0332. The molecule has 1 aromatic rings. The van der Waals surface area contributed by atoms with Gasteiger partial charge in [0.1, 0.15) is 5.82 Å². The second-order valence-electron chi connectivity index (χ2n) is 3.77. The maximum absolute atomic E-state index is 13.0. The van der Waals surface area contributed by atoms with E-state index in [2.05, 4.69) is 0 Å². The van der Waals surface area contributed by atoms with E-state index in [1.807, 2.05) is 11.9 Å². The highest BCUT2D eigenvalue weighted by atomic mass is 19.1. The van der Waals surface area contributed by atoms with Gasteiger partial charge in [0.2, 0.25) is 0 Å². The normalized spacial score (nSPS) is 19.1. The Balaban J connectivity index is 2.32. The second kappa shape index (κ2) is 3.62. The van der Waals surface area contributed by atoms with Crippen LogP contribution in [0.1, 0.15) is 5.56 Å². The van der Waals surface area contributed by atoms with Crippen LogP contribution >= 0.6 is 0 Å². The van der Waals surface area contributed by atoms with Crippen LogP contribution in [0, 0.1) is 5.82 Å². The van der Waals surface area contributed by atoms with Gasteiger partial charge in [0.25, 0.3) is 0 Å². The summed E-state index contributed by atoms with van der Waals surface area (Å²) >= 11 is 0. The van der Waals surface area contributed by atoms with Gasteiger partial charge in [-0.1, -0.05) is 0 Å². The fourth-order valence-electron chi connectivity index (χ4n) is 2.04. The molecule has 1 unspecified atom stereocenters. The van der Waals surface area contributed by atoms with Crippen molar-refractivity contribution < 1.29 is 9.18 Å². The molecule has 1 aliphatic rings. The van der Waals surface area contributed by atoms with E-state index < -0.39 is 0 Å². The lowest BCUT2D eigenvalue weighted by molar-refractivity contribution is -0.118. The highest BCUT2D eigenvalue weighted by Crippen LogP contribution is 2.31. The predicted molar refractivity (Wildman–Crippen MR) is 56.4 cm³/mol. The van der Waals surface area contributed by atoms with Crippen molar-refractivity contribution in [2.75, 3.05) is 18.5 Å². The molecule has 2 N–H and O–H groups in total. The number of nitrogens with zero attached hydrogens (tertiary/aromatic N) is 1. The molecule has 0 saturated carbocycles. The molecule has 1 aliphatic heterocycles. The van der Waals surface area contributed by atoms with Crippen molar-refractivity contribution in [3.63, 3.8) is 0 Å². The number of Topliss-reactive ketones (excluding diaryl/α,β-unsaturated/α-hetero) is 1. The average molecular weight is 208 g/mol. The molecule has 0 radical (unpaired) electrons. The Morgan fingerprint density at radius 2 is 2.40 bits per heavy atom. The van der Waals surface area contributed by atoms with Gasteiger partial charge >= 0.3 is 0 Å². The molecule has 0 aromatic heterocycles. The van der Waals surface area contributed by atoms with Gasteiger partial charge in [-0.25, -0.2) is 4.39 Å². The van der Waals surface area contributed by atoms with Crippen molar-refractivity contribution in [2.45, 2.75) is 12.5 Å². The van der Waals surface area contributed by atoms with Crippen LogP contribution in [0.25, 0.3) is 0 Å². The average Bonchev–Trinajstić information content (AvgIpc) is 2.54. The number of ketones is 1. The van der Waals surface area contributed by atoms with Gasteiger partial charge in [0, 0.05) is 19.2 Å². The van der Waals surface area contributed by atoms with Crippen molar-refractivity contribution in [1.82, 2.24) is 0 Å². The molecule has 0 saturated heterocycles. The van der Waals surface area contributed by atoms with E-state index in [4.69, 9.17) is 5.73 Å². The van der Waals surface area contributed by atoms with Gasteiger partial charge in [-0.2, -0.15) is 0 Å². The number of nitrogens with two attached hydrogens (primary N) is 1. The zero-order valence-corrected chi connectivity index (χ0v) is 8.53. The monoisotopic (exact) mass is 208 g/mol. The van der Waals surface area contributed by atoms with Crippen LogP contribution in [0.5, 0.6) is 0 Å². The fraction of sp³-hybridized carbons (Fsp3) is 0.364. The zero-order chi connectivity index (χ0) is 11.0. The third kappa shape index (κ3) is 1.61. The Hall–Kier alpha value is -1.42. The molecule has 2 rings (SSSR count). The second-order valence-corrected chi connectivity index (χ2v) is 3.77. The van der Waals surface area contributed by atoms with Gasteiger partial charge in [-0.05, 0) is 23.8 Å². The van der Waals surface area contributed by atoms with Crippen molar-refractivity contribution in [2.24, 2.45) is 5.73 Å². The Kier molecular flexibility index (Phi) is 2.44. The molecule has 0 amide bonds. The molecule has 0 spiro atoms. The maximum Gasteiger partial charge on any atom is 0.169 e. The number of halogens is 1. The summed E-state index contributed by atoms with van der Waals surface area (Å²) in [5.41, 5.74) is 7.13. The van der Waals surface area contributed by atoms with E-state index >= 15 is 0 Å². The summed E-state index contributed by atoms with van der Waals surface area (Å²) in [5.74, 6) is -0.267. The fourth-order valence-corrected chi connectivity index (χ4v) is 2.04. The minimum atomic E-state index is -0.261. The minimum Gasteiger partial charge on any atom is -0.364 e. The molecule has 0 fully saturated rings. The van der Waals surface area contributed by atoms with E-state index in [1.54, 1.807) is 6.07 Å². The first-order chi connectivity index (χ1) is 7.13. The van der Waals surface area contributed by atoms with Gasteiger partial charge in [0.15, 0.2) is 5.78 Å². The van der Waals surface area contributed by atoms with Gasteiger partial charge < -0.3 is 10.6 Å². The number of carbonyl (C=O) groups excluding carboxylic acids is 1. The lowest BCUT2D eigenvalue weighted by atomic mass is 10.1. The smallest absolute Gasteiger partial charge is 0.169 e. The lowest BCUT2D eigenvalue weighted by Gasteiger charge is -2.20. The molecule has 15 heavy (non-hydrogen) atoms. The molecule has 1 atom stereocenters. The highest BCUT2D eigenvalue weighted by Gasteiger charge is 2.30. The minimum absolute atomic E-state index is 0.00546. The molecule has 80 valence electrons. The molecule has 0 aliphatic carbocycles. The van der Waals surface area contributed by atoms with Crippen LogP contribution in [0.3, 0.4) is 0 Å². The van der Waals surface area contributed by atoms with Crippen LogP contribution in [0.4, 0.5) is 10.1 Å². The molecular formula is C11H13FN2O. The SMILES string of the molecule is CN1c2ccc(F)cc2CC1C(=O)CN. The molecular weight excluding hydrogens is 195 g/mol. The van der Waals surface area contributed by atoms with Crippen LogP contribution in [-0.4, -0.2) is 25.4 Å². The molecule has 1 heterocycles. The number of benzene rings is 1. The van der Waals surface area contributed by atoms with Crippen molar-refractivity contribution in [1.29, 1.82) is 0 Å². The van der Waals surface area contributed by atoms with Gasteiger partial charge in [0.05, 0.1) is 12.6 Å². The van der Waals surface area contributed by atoms with E-state index in [0.29, 0.717) is 6.42 Å². The number of fused-ring (bicyclic) bond motifs is 1. The first-order valence-electron chi connectivity index (χ1n) is 4.87. The van der Waals surface area contributed by atoms with E-state index in [1.165, 1.54) is 12.1 Å². The van der Waals surface area contributed by atoms with E-state index in [-0.39, 0.29) is 24.2 Å². The largest absolute Gasteiger partial charge is 0.364 e. The third-order valence-corrected chi connectivity index (χ3v) is 2.88. The summed E-state index contributed by atoms with van der Waals surface area (Å²) in [6, 6.07) is 4.36. The summed E-state index contributed by atoms with van der Waals surface area (Å²) in [7, 11) is 1.84. The lowest BCUT2D eigenvalue weighted by Crippen LogP contribution is -2.39. The number of hydrogen-bond donors (Lipinski definition) is 1. The zero-order valence-electron chi connectivity index (χ0n) is 8.53. The van der Waals surface area contributed by atoms with Crippen molar-refractivity contribution in [3.8, 4) is 0 Å². The number of likely N-dealkylation sites (N-methyl/N-ethyl adjacent to an activating group) is 1. The summed E-state index contributed by atoms with van der Waals surface area (Å²) in [6.07, 6.45) is 0.555. The van der Waals surface area contributed by atoms with Crippen LogP contribution in [0.15, 0.2) is 18.2 Å².